The van der Waals surface area contributed by atoms with Crippen LogP contribution in [0.15, 0.2) is 61.1 Å². The molecule has 4 aromatic rings. The Morgan fingerprint density at radius 1 is 1.17 bits per heavy atom. The van der Waals surface area contributed by atoms with E-state index in [0.717, 1.165) is 16.5 Å². The van der Waals surface area contributed by atoms with Crippen LogP contribution in [0.3, 0.4) is 0 Å². The van der Waals surface area contributed by atoms with E-state index >= 15 is 4.39 Å². The highest BCUT2D eigenvalue weighted by Gasteiger charge is 2.20. The normalized spacial score (nSPS) is 11.2. The maximum Gasteiger partial charge on any atom is 0.250 e. The van der Waals surface area contributed by atoms with Gasteiger partial charge in [-0.3, -0.25) is 4.79 Å². The third-order valence-corrected chi connectivity index (χ3v) is 5.71. The fraction of sp³-hybridized carbons (Fsp3) is 0.185. The average Bonchev–Trinajstić information content (AvgIpc) is 3.31. The van der Waals surface area contributed by atoms with E-state index in [2.05, 4.69) is 21.0 Å². The lowest BCUT2D eigenvalue weighted by Crippen LogP contribution is -2.25. The van der Waals surface area contributed by atoms with Crippen molar-refractivity contribution in [1.82, 2.24) is 19.9 Å². The van der Waals surface area contributed by atoms with Gasteiger partial charge >= 0.3 is 0 Å². The summed E-state index contributed by atoms with van der Waals surface area (Å²) in [5.41, 5.74) is 4.08. The zero-order valence-electron chi connectivity index (χ0n) is 20.4. The van der Waals surface area contributed by atoms with E-state index in [1.165, 1.54) is 25.1 Å². The molecule has 0 aliphatic heterocycles. The number of aromatic amines is 1. The maximum atomic E-state index is 15.2. The average molecular weight is 485 g/mol. The number of ether oxygens (including phenoxy) is 1. The van der Waals surface area contributed by atoms with Crippen molar-refractivity contribution in [2.24, 2.45) is 0 Å². The van der Waals surface area contributed by atoms with Crippen LogP contribution in [0.2, 0.25) is 0 Å². The Hall–Kier alpha value is -4.55. The third kappa shape index (κ3) is 4.94. The number of anilines is 1. The number of amides is 1. The molecule has 8 nitrogen and oxygen atoms in total. The lowest BCUT2D eigenvalue weighted by Gasteiger charge is -2.19. The van der Waals surface area contributed by atoms with Crippen LogP contribution in [0.4, 0.5) is 10.1 Å². The molecule has 0 atom stereocenters. The van der Waals surface area contributed by atoms with Crippen LogP contribution in [0, 0.1) is 17.1 Å². The molecule has 0 spiro atoms. The molecule has 9 heteroatoms. The molecule has 0 unspecified atom stereocenters. The zero-order chi connectivity index (χ0) is 25.8. The first-order valence-electron chi connectivity index (χ1n) is 11.1. The summed E-state index contributed by atoms with van der Waals surface area (Å²) in [5, 5.41) is 10.0. The van der Waals surface area contributed by atoms with Gasteiger partial charge in [-0.2, -0.15) is 5.26 Å². The van der Waals surface area contributed by atoms with Crippen molar-refractivity contribution in [2.75, 3.05) is 39.7 Å². The van der Waals surface area contributed by atoms with Gasteiger partial charge < -0.3 is 19.5 Å². The number of rotatable bonds is 7. The fourth-order valence-corrected chi connectivity index (χ4v) is 3.80. The van der Waals surface area contributed by atoms with Crippen LogP contribution in [0.25, 0.3) is 33.3 Å². The Morgan fingerprint density at radius 3 is 2.69 bits per heavy atom. The molecule has 36 heavy (non-hydrogen) atoms. The van der Waals surface area contributed by atoms with Gasteiger partial charge in [-0.15, -0.1) is 0 Å². The van der Waals surface area contributed by atoms with Gasteiger partial charge in [0.05, 0.1) is 12.8 Å². The molecule has 0 aliphatic rings. The first kappa shape index (κ1) is 24.6. The number of nitrogens with one attached hydrogen (secondary N) is 1. The van der Waals surface area contributed by atoms with E-state index < -0.39 is 5.82 Å². The summed E-state index contributed by atoms with van der Waals surface area (Å²) in [5.74, 6) is -0.973. The number of likely N-dealkylation sites (N-methyl/N-ethyl adjacent to an activating group) is 2. The number of benzene rings is 1. The maximum absolute atomic E-state index is 15.2. The molecule has 0 aliphatic carbocycles. The van der Waals surface area contributed by atoms with Crippen molar-refractivity contribution in [3.8, 4) is 34.1 Å². The number of halogens is 1. The van der Waals surface area contributed by atoms with E-state index in [1.54, 1.807) is 36.7 Å². The highest BCUT2D eigenvalue weighted by molar-refractivity contribution is 6.02. The highest BCUT2D eigenvalue weighted by atomic mass is 19.1. The van der Waals surface area contributed by atoms with E-state index in [0.29, 0.717) is 29.0 Å². The number of fused-ring (bicyclic) bond motifs is 1. The van der Waals surface area contributed by atoms with Crippen molar-refractivity contribution in [2.45, 2.75) is 0 Å². The fourth-order valence-electron chi connectivity index (χ4n) is 3.80. The van der Waals surface area contributed by atoms with Crippen molar-refractivity contribution in [1.29, 1.82) is 5.26 Å². The molecule has 0 fully saturated rings. The Balaban J connectivity index is 1.77. The Kier molecular flexibility index (Phi) is 7.08. The second kappa shape index (κ2) is 10.4. The number of H-pyrrole nitrogens is 1. The lowest BCUT2D eigenvalue weighted by molar-refractivity contribution is -0.113. The number of hydrogen-bond acceptors (Lipinski definition) is 6. The monoisotopic (exact) mass is 484 g/mol. The SMILES string of the molecule is COc1cc(-c2cnc3[nH]cc(-c4ccnc(C#N)c4)c3c2)cc(N(C)C(=O)/C=C/CN(C)C)c1F. The largest absolute Gasteiger partial charge is 0.494 e. The smallest absolute Gasteiger partial charge is 0.250 e. The molecule has 0 bridgehead atoms. The topological polar surface area (TPSA) is 98.1 Å². The van der Waals surface area contributed by atoms with Gasteiger partial charge in [-0.05, 0) is 55.6 Å². The van der Waals surface area contributed by atoms with Crippen LogP contribution >= 0.6 is 0 Å². The van der Waals surface area contributed by atoms with E-state index in [9.17, 15) is 10.1 Å². The molecule has 1 aromatic carbocycles. The van der Waals surface area contributed by atoms with Crippen LogP contribution < -0.4 is 9.64 Å². The molecule has 3 aromatic heterocycles. The molecule has 3 heterocycles. The molecule has 0 radical (unpaired) electrons. The summed E-state index contributed by atoms with van der Waals surface area (Å²) in [6.07, 6.45) is 8.22. The summed E-state index contributed by atoms with van der Waals surface area (Å²) in [7, 11) is 6.69. The van der Waals surface area contributed by atoms with Crippen LogP contribution in [-0.4, -0.2) is 60.6 Å². The number of methoxy groups -OCH3 is 1. The molecule has 0 saturated carbocycles. The lowest BCUT2D eigenvalue weighted by atomic mass is 10.0. The molecular weight excluding hydrogens is 459 g/mol. The predicted octanol–water partition coefficient (Wildman–Crippen LogP) is 4.39. The number of aromatic nitrogens is 3. The minimum atomic E-state index is -0.629. The van der Waals surface area contributed by atoms with Crippen molar-refractivity contribution in [3.63, 3.8) is 0 Å². The van der Waals surface area contributed by atoms with Crippen molar-refractivity contribution in [3.05, 3.63) is 72.6 Å². The summed E-state index contributed by atoms with van der Waals surface area (Å²) < 4.78 is 20.5. The number of carbonyl (C=O) groups excluding carboxylic acids is 1. The van der Waals surface area contributed by atoms with Gasteiger partial charge in [0.25, 0.3) is 5.91 Å². The molecular formula is C27H25FN6O2. The first-order chi connectivity index (χ1) is 17.3. The van der Waals surface area contributed by atoms with Gasteiger partial charge in [0, 0.05) is 54.8 Å². The van der Waals surface area contributed by atoms with E-state index in [1.807, 2.05) is 37.3 Å². The second-order valence-corrected chi connectivity index (χ2v) is 8.44. The first-order valence-corrected chi connectivity index (χ1v) is 11.1. The van der Waals surface area contributed by atoms with Crippen LogP contribution in [0.5, 0.6) is 5.75 Å². The minimum absolute atomic E-state index is 0.0154. The van der Waals surface area contributed by atoms with Crippen molar-refractivity contribution < 1.29 is 13.9 Å². The minimum Gasteiger partial charge on any atom is -0.494 e. The van der Waals surface area contributed by atoms with Gasteiger partial charge in [0.1, 0.15) is 17.4 Å². The molecule has 182 valence electrons. The predicted molar refractivity (Wildman–Crippen MR) is 137 cm³/mol. The van der Waals surface area contributed by atoms with Gasteiger partial charge in [-0.25, -0.2) is 14.4 Å². The van der Waals surface area contributed by atoms with Crippen LogP contribution in [0.1, 0.15) is 5.69 Å². The Morgan fingerprint density at radius 2 is 1.97 bits per heavy atom. The van der Waals surface area contributed by atoms with Gasteiger partial charge in [0.2, 0.25) is 0 Å². The third-order valence-electron chi connectivity index (χ3n) is 5.71. The van der Waals surface area contributed by atoms with Crippen molar-refractivity contribution >= 4 is 22.6 Å². The summed E-state index contributed by atoms with van der Waals surface area (Å²) in [6, 6.07) is 10.7. The van der Waals surface area contributed by atoms with E-state index in [-0.39, 0.29) is 17.3 Å². The Labute approximate surface area is 208 Å². The quantitative estimate of drug-likeness (QED) is 0.391. The van der Waals surface area contributed by atoms with E-state index in [4.69, 9.17) is 4.74 Å². The molecule has 0 saturated heterocycles. The highest BCUT2D eigenvalue weighted by Crippen LogP contribution is 2.36. The summed E-state index contributed by atoms with van der Waals surface area (Å²) in [4.78, 5) is 27.6. The zero-order valence-corrected chi connectivity index (χ0v) is 20.4. The number of hydrogen-bond donors (Lipinski definition) is 1. The number of carbonyl (C=O) groups is 1. The van der Waals surface area contributed by atoms with Gasteiger partial charge in [0.15, 0.2) is 11.6 Å². The summed E-state index contributed by atoms with van der Waals surface area (Å²) in [6.45, 7) is 0.587. The Bertz CT molecular complexity index is 1500. The molecule has 1 N–H and O–H groups in total. The number of nitriles is 1. The summed E-state index contributed by atoms with van der Waals surface area (Å²) >= 11 is 0. The van der Waals surface area contributed by atoms with Crippen LogP contribution in [-0.2, 0) is 4.79 Å². The standard InChI is InChI=1S/C27H25FN6O2/c1-33(2)9-5-6-25(35)34(3)23-12-18(13-24(36-4)26(23)28)19-11-21-22(16-32-27(21)31-15-19)17-7-8-30-20(10-17)14-29/h5-8,10-13,15-16H,9H2,1-4H3,(H,31,32)/b6-5+. The molecule has 4 rings (SSSR count). The molecule has 1 amide bonds. The van der Waals surface area contributed by atoms with Gasteiger partial charge in [-0.1, -0.05) is 6.08 Å². The number of pyridine rings is 2. The second-order valence-electron chi connectivity index (χ2n) is 8.44. The number of nitrogens with zero attached hydrogens (tertiary/aromatic N) is 5.